The molecule has 1 saturated heterocycles. The lowest BCUT2D eigenvalue weighted by Gasteiger charge is -2.38. The van der Waals surface area contributed by atoms with Gasteiger partial charge in [0.15, 0.2) is 5.65 Å². The van der Waals surface area contributed by atoms with E-state index in [1.807, 2.05) is 29.2 Å². The number of nitrogens with zero attached hydrogens (tertiary/aromatic N) is 5. The number of aromatic nitrogens is 4. The maximum Gasteiger partial charge on any atom is 0.264 e. The van der Waals surface area contributed by atoms with Gasteiger partial charge in [0.2, 0.25) is 5.91 Å². The van der Waals surface area contributed by atoms with Crippen molar-refractivity contribution >= 4 is 16.9 Å². The van der Waals surface area contributed by atoms with Gasteiger partial charge in [-0.05, 0) is 61.1 Å². The maximum absolute atomic E-state index is 14.1. The molecule has 10 heteroatoms. The largest absolute Gasteiger partial charge is 0.497 e. The SMILES string of the molecule is COc1cc(F)cc(-c2cccc(-n3ncc4c(=O)n(CC5(O)CCN(C(=O)C6CC6)CC5)cnc43)c2)c1. The Hall–Kier alpha value is -4.05. The van der Waals surface area contributed by atoms with Gasteiger partial charge in [0.1, 0.15) is 23.3 Å². The number of halogens is 1. The summed E-state index contributed by atoms with van der Waals surface area (Å²) < 4.78 is 22.2. The summed E-state index contributed by atoms with van der Waals surface area (Å²) >= 11 is 0. The molecule has 0 spiro atoms. The fourth-order valence-corrected chi connectivity index (χ4v) is 5.12. The Bertz CT molecular complexity index is 1580. The Balaban J connectivity index is 1.25. The van der Waals surface area contributed by atoms with Crippen LogP contribution in [0.4, 0.5) is 4.39 Å². The van der Waals surface area contributed by atoms with E-state index in [1.165, 1.54) is 36.3 Å². The molecule has 1 aliphatic heterocycles. The van der Waals surface area contributed by atoms with Gasteiger partial charge in [-0.15, -0.1) is 0 Å². The second kappa shape index (κ2) is 9.36. The highest BCUT2D eigenvalue weighted by Gasteiger charge is 2.39. The lowest BCUT2D eigenvalue weighted by Crippen LogP contribution is -2.50. The Morgan fingerprint density at radius 2 is 1.95 bits per heavy atom. The number of fused-ring (bicyclic) bond motifs is 1. The van der Waals surface area contributed by atoms with E-state index in [-0.39, 0.29) is 23.9 Å². The van der Waals surface area contributed by atoms with Crippen molar-refractivity contribution in [2.75, 3.05) is 20.2 Å². The van der Waals surface area contributed by atoms with Gasteiger partial charge in [-0.2, -0.15) is 5.10 Å². The van der Waals surface area contributed by atoms with Crippen LogP contribution >= 0.6 is 0 Å². The lowest BCUT2D eigenvalue weighted by atomic mass is 9.91. The first kappa shape index (κ1) is 24.3. The second-order valence-corrected chi connectivity index (χ2v) is 10.2. The average Bonchev–Trinajstić information content (AvgIpc) is 3.68. The number of likely N-dealkylation sites (tertiary alicyclic amines) is 1. The zero-order valence-corrected chi connectivity index (χ0v) is 21.0. The molecular weight excluding hydrogens is 489 g/mol. The van der Waals surface area contributed by atoms with Gasteiger partial charge in [0.05, 0.1) is 31.1 Å². The van der Waals surface area contributed by atoms with Crippen LogP contribution < -0.4 is 10.3 Å². The van der Waals surface area contributed by atoms with Gasteiger partial charge in [0, 0.05) is 25.1 Å². The average molecular weight is 518 g/mol. The van der Waals surface area contributed by atoms with Crippen LogP contribution in [-0.2, 0) is 11.3 Å². The molecule has 0 unspecified atom stereocenters. The monoisotopic (exact) mass is 517 g/mol. The molecule has 2 aromatic heterocycles. The smallest absolute Gasteiger partial charge is 0.264 e. The maximum atomic E-state index is 14.1. The third kappa shape index (κ3) is 4.56. The topological polar surface area (TPSA) is 102 Å². The predicted octanol–water partition coefficient (Wildman–Crippen LogP) is 3.16. The molecule has 1 amide bonds. The van der Waals surface area contributed by atoms with E-state index in [0.29, 0.717) is 54.0 Å². The van der Waals surface area contributed by atoms with E-state index in [1.54, 1.807) is 10.7 Å². The molecule has 0 atom stereocenters. The Morgan fingerprint density at radius 1 is 1.16 bits per heavy atom. The summed E-state index contributed by atoms with van der Waals surface area (Å²) in [5, 5.41) is 15.9. The summed E-state index contributed by atoms with van der Waals surface area (Å²) in [5.41, 5.74) is 1.07. The molecule has 2 aliphatic rings. The van der Waals surface area contributed by atoms with Crippen molar-refractivity contribution in [2.24, 2.45) is 5.92 Å². The molecule has 9 nitrogen and oxygen atoms in total. The van der Waals surface area contributed by atoms with Crippen molar-refractivity contribution in [1.82, 2.24) is 24.2 Å². The first-order chi connectivity index (χ1) is 18.3. The van der Waals surface area contributed by atoms with Gasteiger partial charge in [0.25, 0.3) is 5.56 Å². The van der Waals surface area contributed by atoms with Crippen LogP contribution in [0.3, 0.4) is 0 Å². The van der Waals surface area contributed by atoms with E-state index >= 15 is 0 Å². The van der Waals surface area contributed by atoms with E-state index in [2.05, 4.69) is 10.1 Å². The van der Waals surface area contributed by atoms with Crippen LogP contribution in [0.2, 0.25) is 0 Å². The van der Waals surface area contributed by atoms with Crippen LogP contribution in [0.15, 0.2) is 59.8 Å². The number of carbonyl (C=O) groups excluding carboxylic acids is 1. The lowest BCUT2D eigenvalue weighted by molar-refractivity contribution is -0.137. The molecule has 4 aromatic rings. The summed E-state index contributed by atoms with van der Waals surface area (Å²) in [6.07, 6.45) is 5.64. The van der Waals surface area contributed by atoms with Crippen LogP contribution in [0.25, 0.3) is 27.8 Å². The summed E-state index contributed by atoms with van der Waals surface area (Å²) in [6, 6.07) is 11.8. The number of methoxy groups -OCH3 is 1. The quantitative estimate of drug-likeness (QED) is 0.422. The van der Waals surface area contributed by atoms with E-state index in [0.717, 1.165) is 18.4 Å². The summed E-state index contributed by atoms with van der Waals surface area (Å²) in [6.45, 7) is 1.08. The first-order valence-electron chi connectivity index (χ1n) is 12.7. The molecule has 196 valence electrons. The van der Waals surface area contributed by atoms with Gasteiger partial charge < -0.3 is 14.7 Å². The summed E-state index contributed by atoms with van der Waals surface area (Å²) in [7, 11) is 1.49. The molecule has 2 fully saturated rings. The molecular formula is C28H28FN5O4. The van der Waals surface area contributed by atoms with Crippen molar-refractivity contribution < 1.29 is 19.0 Å². The number of aliphatic hydroxyl groups is 1. The molecule has 6 rings (SSSR count). The highest BCUT2D eigenvalue weighted by molar-refractivity contribution is 5.81. The molecule has 1 aliphatic carbocycles. The second-order valence-electron chi connectivity index (χ2n) is 10.2. The van der Waals surface area contributed by atoms with Crippen molar-refractivity contribution in [2.45, 2.75) is 37.8 Å². The highest BCUT2D eigenvalue weighted by atomic mass is 19.1. The van der Waals surface area contributed by atoms with Crippen molar-refractivity contribution in [3.05, 3.63) is 71.2 Å². The number of piperidine rings is 1. The molecule has 38 heavy (non-hydrogen) atoms. The Morgan fingerprint density at radius 3 is 2.68 bits per heavy atom. The molecule has 0 bridgehead atoms. The zero-order chi connectivity index (χ0) is 26.4. The van der Waals surface area contributed by atoms with Gasteiger partial charge in [-0.3, -0.25) is 14.2 Å². The zero-order valence-electron chi connectivity index (χ0n) is 21.0. The highest BCUT2D eigenvalue weighted by Crippen LogP contribution is 2.33. The number of rotatable bonds is 6. The molecule has 0 radical (unpaired) electrons. The van der Waals surface area contributed by atoms with Crippen LogP contribution in [-0.4, -0.2) is 61.0 Å². The fourth-order valence-electron chi connectivity index (χ4n) is 5.12. The number of ether oxygens (including phenoxy) is 1. The van der Waals surface area contributed by atoms with Crippen molar-refractivity contribution in [3.63, 3.8) is 0 Å². The van der Waals surface area contributed by atoms with Gasteiger partial charge in [-0.1, -0.05) is 12.1 Å². The minimum atomic E-state index is -1.09. The minimum Gasteiger partial charge on any atom is -0.497 e. The number of carbonyl (C=O) groups is 1. The van der Waals surface area contributed by atoms with Gasteiger partial charge in [-0.25, -0.2) is 14.1 Å². The third-order valence-electron chi connectivity index (χ3n) is 7.48. The van der Waals surface area contributed by atoms with E-state index in [4.69, 9.17) is 4.74 Å². The molecule has 1 N–H and O–H groups in total. The number of amides is 1. The van der Waals surface area contributed by atoms with Crippen molar-refractivity contribution in [3.8, 4) is 22.6 Å². The van der Waals surface area contributed by atoms with Gasteiger partial charge >= 0.3 is 0 Å². The predicted molar refractivity (Wildman–Crippen MR) is 139 cm³/mol. The number of hydrogen-bond acceptors (Lipinski definition) is 6. The van der Waals surface area contributed by atoms with Crippen LogP contribution in [0.5, 0.6) is 5.75 Å². The van der Waals surface area contributed by atoms with Crippen LogP contribution in [0, 0.1) is 11.7 Å². The van der Waals surface area contributed by atoms with E-state index < -0.39 is 11.4 Å². The van der Waals surface area contributed by atoms with Crippen molar-refractivity contribution in [1.29, 1.82) is 0 Å². The third-order valence-corrected chi connectivity index (χ3v) is 7.48. The fraction of sp³-hybridized carbons (Fsp3) is 0.357. The molecule has 2 aromatic carbocycles. The Labute approximate surface area is 218 Å². The summed E-state index contributed by atoms with van der Waals surface area (Å²) in [4.78, 5) is 32.0. The standard InChI is InChI=1S/C28H28FN5O4/c1-38-23-13-20(11-21(29)14-23)19-3-2-4-22(12-19)34-25-24(15-31-34)27(36)33(17-30-25)16-28(37)7-9-32(10-8-28)26(35)18-5-6-18/h2-4,11-15,17-18,37H,5-10,16H2,1H3. The first-order valence-corrected chi connectivity index (χ1v) is 12.7. The number of hydrogen-bond donors (Lipinski definition) is 1. The minimum absolute atomic E-state index is 0.0995. The summed E-state index contributed by atoms with van der Waals surface area (Å²) in [5.74, 6) is 0.349. The Kier molecular flexibility index (Phi) is 5.98. The molecule has 1 saturated carbocycles. The normalized spacial score (nSPS) is 17.1. The molecule has 3 heterocycles. The van der Waals surface area contributed by atoms with Crippen LogP contribution in [0.1, 0.15) is 25.7 Å². The number of benzene rings is 2. The van der Waals surface area contributed by atoms with E-state index in [9.17, 15) is 19.1 Å².